The van der Waals surface area contributed by atoms with Gasteiger partial charge in [0.05, 0.1) is 10.2 Å². The van der Waals surface area contributed by atoms with E-state index in [-0.39, 0.29) is 4.90 Å². The van der Waals surface area contributed by atoms with Gasteiger partial charge in [0, 0.05) is 11.5 Å². The molecule has 0 saturated carbocycles. The molecule has 0 aromatic heterocycles. The van der Waals surface area contributed by atoms with E-state index in [4.69, 9.17) is 0 Å². The second-order valence-electron chi connectivity index (χ2n) is 2.47. The molecule has 0 aliphatic carbocycles. The van der Waals surface area contributed by atoms with Gasteiger partial charge in [-0.25, -0.2) is 0 Å². The maximum Gasteiger partial charge on any atom is 0.281 e. The van der Waals surface area contributed by atoms with Crippen molar-refractivity contribution in [1.82, 2.24) is 4.41 Å². The molecule has 0 N–H and O–H groups in total. The molecule has 0 aliphatic rings. The Labute approximate surface area is 89.8 Å². The molecule has 0 spiro atoms. The molecule has 0 fully saturated rings. The van der Waals surface area contributed by atoms with E-state index >= 15 is 0 Å². The predicted molar refractivity (Wildman–Crippen MR) is 54.9 cm³/mol. The number of halogens is 1. The number of sulfonamides is 1. The van der Waals surface area contributed by atoms with Gasteiger partial charge in [-0.05, 0) is 24.3 Å². The van der Waals surface area contributed by atoms with Gasteiger partial charge >= 0.3 is 0 Å². The number of hydrogen-bond donors (Lipinski definition) is 0. The monoisotopic (exact) mass is 278 g/mol. The predicted octanol–water partition coefficient (Wildman–Crippen LogP) is 1.75. The van der Waals surface area contributed by atoms with Crippen LogP contribution in [0.4, 0.5) is 0 Å². The highest BCUT2D eigenvalue weighted by Crippen LogP contribution is 2.17. The summed E-state index contributed by atoms with van der Waals surface area (Å²) < 4.78 is 24.1. The van der Waals surface area contributed by atoms with Crippen LogP contribution in [0.15, 0.2) is 38.9 Å². The molecule has 0 radical (unpaired) electrons. The van der Waals surface area contributed by atoms with Crippen LogP contribution < -0.4 is 0 Å². The molecule has 0 atom stereocenters. The van der Waals surface area contributed by atoms with Crippen molar-refractivity contribution in [2.24, 2.45) is 5.29 Å². The fourth-order valence-electron chi connectivity index (χ4n) is 0.803. The minimum atomic E-state index is -3.77. The van der Waals surface area contributed by atoms with E-state index in [1.54, 1.807) is 12.1 Å². The van der Waals surface area contributed by atoms with Crippen LogP contribution in [0.1, 0.15) is 0 Å². The van der Waals surface area contributed by atoms with E-state index in [1.807, 2.05) is 0 Å². The van der Waals surface area contributed by atoms with Crippen LogP contribution in [-0.2, 0) is 10.0 Å². The lowest BCUT2D eigenvalue weighted by atomic mass is 10.4. The zero-order valence-corrected chi connectivity index (χ0v) is 9.62. The lowest BCUT2D eigenvalue weighted by Gasteiger charge is -2.09. The first-order valence-electron chi connectivity index (χ1n) is 3.56. The Morgan fingerprint density at radius 3 is 2.21 bits per heavy atom. The van der Waals surface area contributed by atoms with Crippen molar-refractivity contribution in [2.45, 2.75) is 4.90 Å². The van der Waals surface area contributed by atoms with Crippen LogP contribution in [0, 0.1) is 4.91 Å². The standard InChI is InChI=1S/C7H7BrN2O3S/c1-10(9-11)14(12,13)7-4-2-6(8)3-5-7/h2-5H,1H3. The molecule has 5 nitrogen and oxygen atoms in total. The summed E-state index contributed by atoms with van der Waals surface area (Å²) in [5.41, 5.74) is 0. The Morgan fingerprint density at radius 1 is 1.29 bits per heavy atom. The summed E-state index contributed by atoms with van der Waals surface area (Å²) in [6.07, 6.45) is 0. The molecule has 1 aromatic rings. The van der Waals surface area contributed by atoms with E-state index in [0.717, 1.165) is 11.5 Å². The van der Waals surface area contributed by atoms with E-state index in [1.165, 1.54) is 12.1 Å². The first-order chi connectivity index (χ1) is 6.48. The lowest BCUT2D eigenvalue weighted by Crippen LogP contribution is -2.20. The van der Waals surface area contributed by atoms with Gasteiger partial charge in [-0.3, -0.25) is 0 Å². The largest absolute Gasteiger partial charge is 0.281 e. The Balaban J connectivity index is 3.17. The topological polar surface area (TPSA) is 66.8 Å². The summed E-state index contributed by atoms with van der Waals surface area (Å²) in [7, 11) is -2.68. The van der Waals surface area contributed by atoms with Crippen molar-refractivity contribution in [3.63, 3.8) is 0 Å². The fraction of sp³-hybridized carbons (Fsp3) is 0.143. The highest BCUT2D eigenvalue weighted by molar-refractivity contribution is 9.10. The Kier molecular flexibility index (Phi) is 3.22. The van der Waals surface area contributed by atoms with Crippen LogP contribution in [-0.4, -0.2) is 19.9 Å². The summed E-state index contributed by atoms with van der Waals surface area (Å²) in [5, 5.41) is 2.34. The molecule has 14 heavy (non-hydrogen) atoms. The third-order valence-corrected chi connectivity index (χ3v) is 3.73. The minimum absolute atomic E-state index is 0.0304. The quantitative estimate of drug-likeness (QED) is 0.625. The molecule has 0 unspecified atom stereocenters. The van der Waals surface area contributed by atoms with Gasteiger partial charge in [-0.1, -0.05) is 15.9 Å². The molecule has 0 saturated heterocycles. The molecule has 1 aromatic carbocycles. The number of nitroso groups, excluding NO2 is 1. The Bertz CT molecular complexity index is 429. The molecular formula is C7H7BrN2O3S. The highest BCUT2D eigenvalue weighted by Gasteiger charge is 2.19. The summed E-state index contributed by atoms with van der Waals surface area (Å²) in [5.74, 6) is 0. The van der Waals surface area contributed by atoms with Gasteiger partial charge in [-0.2, -0.15) is 12.8 Å². The van der Waals surface area contributed by atoms with Crippen LogP contribution >= 0.6 is 15.9 Å². The number of nitrogens with zero attached hydrogens (tertiary/aromatic N) is 2. The molecule has 0 bridgehead atoms. The highest BCUT2D eigenvalue weighted by atomic mass is 79.9. The van der Waals surface area contributed by atoms with Crippen molar-refractivity contribution < 1.29 is 8.42 Å². The maximum absolute atomic E-state index is 11.5. The second kappa shape index (κ2) is 4.05. The number of rotatable bonds is 3. The summed E-state index contributed by atoms with van der Waals surface area (Å²) in [6.45, 7) is 0. The van der Waals surface area contributed by atoms with Gasteiger partial charge in [0.1, 0.15) is 0 Å². The average Bonchev–Trinajstić information content (AvgIpc) is 2.17. The number of hydrogen-bond acceptors (Lipinski definition) is 4. The third-order valence-electron chi connectivity index (χ3n) is 1.57. The SMILES string of the molecule is CN(N=O)S(=O)(=O)c1ccc(Br)cc1. The Hall–Kier alpha value is -0.950. The van der Waals surface area contributed by atoms with Crippen LogP contribution in [0.5, 0.6) is 0 Å². The van der Waals surface area contributed by atoms with Crippen molar-refractivity contribution >= 4 is 26.0 Å². The van der Waals surface area contributed by atoms with Gasteiger partial charge in [0.25, 0.3) is 10.0 Å². The summed E-state index contributed by atoms with van der Waals surface area (Å²) in [4.78, 5) is 10.1. The van der Waals surface area contributed by atoms with E-state index in [9.17, 15) is 13.3 Å². The minimum Gasteiger partial charge on any atom is -0.200 e. The molecule has 0 heterocycles. The summed E-state index contributed by atoms with van der Waals surface area (Å²) in [6, 6.07) is 5.93. The van der Waals surface area contributed by atoms with Gasteiger partial charge in [-0.15, -0.1) is 4.91 Å². The molecule has 1 rings (SSSR count). The lowest BCUT2D eigenvalue weighted by molar-refractivity contribution is 0.486. The molecule has 7 heteroatoms. The molecular weight excluding hydrogens is 272 g/mol. The van der Waals surface area contributed by atoms with E-state index in [2.05, 4.69) is 21.2 Å². The van der Waals surface area contributed by atoms with Crippen molar-refractivity contribution in [3.05, 3.63) is 33.6 Å². The molecule has 76 valence electrons. The maximum atomic E-state index is 11.5. The fourth-order valence-corrected chi connectivity index (χ4v) is 1.94. The van der Waals surface area contributed by atoms with Crippen LogP contribution in [0.25, 0.3) is 0 Å². The molecule has 0 amide bonds. The zero-order chi connectivity index (χ0) is 10.8. The summed E-state index contributed by atoms with van der Waals surface area (Å²) >= 11 is 3.17. The smallest absolute Gasteiger partial charge is 0.200 e. The van der Waals surface area contributed by atoms with Crippen LogP contribution in [0.3, 0.4) is 0 Å². The van der Waals surface area contributed by atoms with Gasteiger partial charge in [0.15, 0.2) is 0 Å². The average molecular weight is 279 g/mol. The normalized spacial score (nSPS) is 11.0. The number of benzene rings is 1. The first kappa shape index (κ1) is 11.1. The third kappa shape index (κ3) is 2.10. The molecule has 0 aliphatic heterocycles. The van der Waals surface area contributed by atoms with E-state index < -0.39 is 10.0 Å². The van der Waals surface area contributed by atoms with Gasteiger partial charge in [0.2, 0.25) is 0 Å². The Morgan fingerprint density at radius 2 is 1.79 bits per heavy atom. The second-order valence-corrected chi connectivity index (χ2v) is 5.34. The van der Waals surface area contributed by atoms with E-state index in [0.29, 0.717) is 4.41 Å². The van der Waals surface area contributed by atoms with Crippen molar-refractivity contribution in [3.8, 4) is 0 Å². The van der Waals surface area contributed by atoms with Crippen molar-refractivity contribution in [2.75, 3.05) is 7.05 Å². The first-order valence-corrected chi connectivity index (χ1v) is 5.79. The zero-order valence-electron chi connectivity index (χ0n) is 7.21. The van der Waals surface area contributed by atoms with Crippen LogP contribution in [0.2, 0.25) is 0 Å². The van der Waals surface area contributed by atoms with Crippen molar-refractivity contribution in [1.29, 1.82) is 0 Å². The van der Waals surface area contributed by atoms with Gasteiger partial charge < -0.3 is 0 Å².